The van der Waals surface area contributed by atoms with E-state index >= 15 is 0 Å². The van der Waals surface area contributed by atoms with Gasteiger partial charge in [-0.1, -0.05) is 64.5 Å². The lowest BCUT2D eigenvalue weighted by molar-refractivity contribution is -0.113. The average molecular weight is 591 g/mol. The van der Waals surface area contributed by atoms with Crippen molar-refractivity contribution in [2.45, 2.75) is 6.92 Å². The number of amides is 1. The van der Waals surface area contributed by atoms with Crippen molar-refractivity contribution in [1.82, 2.24) is 9.55 Å². The lowest BCUT2D eigenvalue weighted by Crippen LogP contribution is -2.32. The van der Waals surface area contributed by atoms with Gasteiger partial charge in [0.1, 0.15) is 23.1 Å². The Kier molecular flexibility index (Phi) is 6.61. The number of carbonyl (C=O) groups is 1. The van der Waals surface area contributed by atoms with E-state index in [1.54, 1.807) is 35.6 Å². The molecule has 0 bridgehead atoms. The molecular weight excluding hydrogens is 568 g/mol. The lowest BCUT2D eigenvalue weighted by Gasteiger charge is -2.19. The molecule has 1 aromatic heterocycles. The van der Waals surface area contributed by atoms with Gasteiger partial charge in [-0.25, -0.2) is 9.98 Å². The zero-order chi connectivity index (χ0) is 27.8. The van der Waals surface area contributed by atoms with Crippen molar-refractivity contribution < 1.29 is 9.53 Å². The molecule has 1 amide bonds. The Morgan fingerprint density at radius 2 is 1.55 bits per heavy atom. The third-order valence-electron chi connectivity index (χ3n) is 6.69. The maximum absolute atomic E-state index is 13.8. The quantitative estimate of drug-likeness (QED) is 0.225. The minimum atomic E-state index is -0.261. The van der Waals surface area contributed by atoms with E-state index in [1.165, 1.54) is 0 Å². The molecule has 5 aromatic rings. The van der Waals surface area contributed by atoms with E-state index in [0.717, 1.165) is 15.6 Å². The summed E-state index contributed by atoms with van der Waals surface area (Å²) in [6, 6.07) is 29.8. The number of carbonyl (C=O) groups excluding carboxylic acids is 1. The van der Waals surface area contributed by atoms with Crippen LogP contribution in [0.2, 0.25) is 0 Å². The van der Waals surface area contributed by atoms with E-state index in [1.807, 2.05) is 91.0 Å². The Balaban J connectivity index is 1.43. The third kappa shape index (κ3) is 4.52. The predicted octanol–water partition coefficient (Wildman–Crippen LogP) is 6.30. The Bertz CT molecular complexity index is 1890. The van der Waals surface area contributed by atoms with Crippen molar-refractivity contribution in [1.29, 1.82) is 0 Å². The van der Waals surface area contributed by atoms with E-state index in [-0.39, 0.29) is 11.5 Å². The fraction of sp³-hybridized carbons (Fsp3) is 0.0625. The highest BCUT2D eigenvalue weighted by Gasteiger charge is 2.32. The molecule has 8 heteroatoms. The van der Waals surface area contributed by atoms with Crippen molar-refractivity contribution >= 4 is 50.3 Å². The van der Waals surface area contributed by atoms with Crippen LogP contribution in [0.4, 0.5) is 5.69 Å². The second-order valence-electron chi connectivity index (χ2n) is 9.19. The number of hydrogen-bond donors (Lipinski definition) is 0. The number of aliphatic imine (C=N–C) groups is 1. The van der Waals surface area contributed by atoms with Crippen LogP contribution >= 0.6 is 15.9 Å². The first-order valence-electron chi connectivity index (χ1n) is 12.6. The zero-order valence-electron chi connectivity index (χ0n) is 21.7. The first kappa shape index (κ1) is 25.5. The van der Waals surface area contributed by atoms with Gasteiger partial charge in [-0.3, -0.25) is 19.1 Å². The Hall–Kier alpha value is -4.82. The van der Waals surface area contributed by atoms with Gasteiger partial charge in [0, 0.05) is 15.6 Å². The molecule has 2 heterocycles. The summed E-state index contributed by atoms with van der Waals surface area (Å²) in [5, 5.41) is 0.517. The standard InChI is InChI=1S/C32H23BrN4O3/c1-20-34-27-17-12-23(33)19-26(27)31(38)36(20)24-13-15-25(16-14-24)37-30(21-8-4-3-5-9-21)35-28(32(37)39)18-22-10-6-7-11-29(22)40-2/h3-19H,1-2H3. The van der Waals surface area contributed by atoms with Gasteiger partial charge in [-0.15, -0.1) is 0 Å². The highest BCUT2D eigenvalue weighted by atomic mass is 79.9. The first-order valence-corrected chi connectivity index (χ1v) is 13.4. The van der Waals surface area contributed by atoms with E-state index < -0.39 is 0 Å². The summed E-state index contributed by atoms with van der Waals surface area (Å²) in [4.78, 5) is 38.1. The normalized spacial score (nSPS) is 14.2. The SMILES string of the molecule is COc1ccccc1C=C1N=C(c2ccccc2)N(c2ccc(-n3c(C)nc4ccc(Br)cc4c3=O)cc2)C1=O. The third-order valence-corrected chi connectivity index (χ3v) is 7.18. The average Bonchev–Trinajstić information content (AvgIpc) is 3.30. The molecule has 0 spiro atoms. The molecule has 0 atom stereocenters. The molecule has 6 rings (SSSR count). The molecule has 196 valence electrons. The van der Waals surface area contributed by atoms with E-state index in [4.69, 9.17) is 9.73 Å². The van der Waals surface area contributed by atoms with E-state index in [2.05, 4.69) is 20.9 Å². The number of methoxy groups -OCH3 is 1. The summed E-state index contributed by atoms with van der Waals surface area (Å²) in [7, 11) is 1.59. The molecule has 0 aliphatic carbocycles. The molecule has 1 aliphatic heterocycles. The van der Waals surface area contributed by atoms with Crippen molar-refractivity contribution in [2.24, 2.45) is 4.99 Å². The Labute approximate surface area is 238 Å². The van der Waals surface area contributed by atoms with Gasteiger partial charge < -0.3 is 4.74 Å². The van der Waals surface area contributed by atoms with E-state index in [9.17, 15) is 9.59 Å². The topological polar surface area (TPSA) is 76.8 Å². The van der Waals surface area contributed by atoms with Crippen LogP contribution in [0.1, 0.15) is 17.0 Å². The Morgan fingerprint density at radius 1 is 0.850 bits per heavy atom. The van der Waals surface area contributed by atoms with Crippen molar-refractivity contribution in [3.8, 4) is 11.4 Å². The number of fused-ring (bicyclic) bond motifs is 1. The molecule has 0 saturated carbocycles. The van der Waals surface area contributed by atoms with Crippen molar-refractivity contribution in [3.63, 3.8) is 0 Å². The van der Waals surface area contributed by atoms with Crippen LogP contribution in [-0.2, 0) is 4.79 Å². The fourth-order valence-electron chi connectivity index (χ4n) is 4.79. The second kappa shape index (κ2) is 10.4. The number of aryl methyl sites for hydroxylation is 1. The van der Waals surface area contributed by atoms with Gasteiger partial charge in [0.15, 0.2) is 0 Å². The number of ether oxygens (including phenoxy) is 1. The predicted molar refractivity (Wildman–Crippen MR) is 161 cm³/mol. The number of amidine groups is 1. The first-order chi connectivity index (χ1) is 19.4. The van der Waals surface area contributed by atoms with Gasteiger partial charge in [0.25, 0.3) is 11.5 Å². The molecular formula is C32H23BrN4O3. The second-order valence-corrected chi connectivity index (χ2v) is 10.1. The molecule has 0 radical (unpaired) electrons. The fourth-order valence-corrected chi connectivity index (χ4v) is 5.15. The van der Waals surface area contributed by atoms with Gasteiger partial charge in [-0.2, -0.15) is 0 Å². The molecule has 0 unspecified atom stereocenters. The van der Waals surface area contributed by atoms with Crippen LogP contribution in [0.3, 0.4) is 0 Å². The highest BCUT2D eigenvalue weighted by Crippen LogP contribution is 2.30. The molecule has 1 aliphatic rings. The number of rotatable bonds is 5. The number of aromatic nitrogens is 2. The summed E-state index contributed by atoms with van der Waals surface area (Å²) in [6.07, 6.45) is 1.74. The molecule has 0 fully saturated rings. The number of halogens is 1. The number of nitrogens with zero attached hydrogens (tertiary/aromatic N) is 4. The Morgan fingerprint density at radius 3 is 2.30 bits per heavy atom. The highest BCUT2D eigenvalue weighted by molar-refractivity contribution is 9.10. The molecule has 40 heavy (non-hydrogen) atoms. The number of anilines is 1. The van der Waals surface area contributed by atoms with Crippen LogP contribution in [0.5, 0.6) is 5.75 Å². The molecule has 0 saturated heterocycles. The summed E-state index contributed by atoms with van der Waals surface area (Å²) in [5.74, 6) is 1.48. The summed E-state index contributed by atoms with van der Waals surface area (Å²) in [5.41, 5.74) is 3.61. The van der Waals surface area contributed by atoms with Crippen LogP contribution in [0.25, 0.3) is 22.7 Å². The summed E-state index contributed by atoms with van der Waals surface area (Å²) < 4.78 is 7.85. The van der Waals surface area contributed by atoms with Gasteiger partial charge in [0.2, 0.25) is 0 Å². The van der Waals surface area contributed by atoms with Crippen molar-refractivity contribution in [3.05, 3.63) is 135 Å². The number of para-hydroxylation sites is 1. The molecule has 0 N–H and O–H groups in total. The maximum Gasteiger partial charge on any atom is 0.282 e. The minimum Gasteiger partial charge on any atom is -0.496 e. The smallest absolute Gasteiger partial charge is 0.282 e. The molecule has 7 nitrogen and oxygen atoms in total. The van der Waals surface area contributed by atoms with Crippen LogP contribution in [0.15, 0.2) is 117 Å². The number of benzene rings is 4. The summed E-state index contributed by atoms with van der Waals surface area (Å²) >= 11 is 3.44. The minimum absolute atomic E-state index is 0.164. The molecule has 4 aromatic carbocycles. The van der Waals surface area contributed by atoms with Crippen LogP contribution < -0.4 is 15.2 Å². The van der Waals surface area contributed by atoms with Crippen LogP contribution in [-0.4, -0.2) is 28.4 Å². The lowest BCUT2D eigenvalue weighted by atomic mass is 10.1. The van der Waals surface area contributed by atoms with Gasteiger partial charge in [-0.05, 0) is 61.5 Å². The van der Waals surface area contributed by atoms with Crippen molar-refractivity contribution in [2.75, 3.05) is 12.0 Å². The number of hydrogen-bond acceptors (Lipinski definition) is 5. The zero-order valence-corrected chi connectivity index (χ0v) is 23.3. The largest absolute Gasteiger partial charge is 0.496 e. The van der Waals surface area contributed by atoms with Gasteiger partial charge in [0.05, 0.1) is 29.4 Å². The van der Waals surface area contributed by atoms with Crippen LogP contribution in [0, 0.1) is 6.92 Å². The van der Waals surface area contributed by atoms with Gasteiger partial charge >= 0.3 is 0 Å². The monoisotopic (exact) mass is 590 g/mol. The maximum atomic E-state index is 13.8. The van der Waals surface area contributed by atoms with E-state index in [0.29, 0.717) is 45.4 Å². The summed E-state index contributed by atoms with van der Waals surface area (Å²) in [6.45, 7) is 1.80.